The van der Waals surface area contributed by atoms with Crippen LogP contribution in [-0.2, 0) is 16.6 Å². The number of hydrogen-bond acceptors (Lipinski definition) is 5. The van der Waals surface area contributed by atoms with E-state index in [1.807, 2.05) is 20.8 Å². The first kappa shape index (κ1) is 17.7. The van der Waals surface area contributed by atoms with Crippen LogP contribution in [0, 0.1) is 0 Å². The second-order valence-corrected chi connectivity index (χ2v) is 6.61. The fourth-order valence-corrected chi connectivity index (χ4v) is 2.19. The molecule has 0 saturated heterocycles. The highest BCUT2D eigenvalue weighted by atomic mass is 16.5. The zero-order valence-corrected chi connectivity index (χ0v) is 14.4. The van der Waals surface area contributed by atoms with E-state index in [9.17, 15) is 14.4 Å². The van der Waals surface area contributed by atoms with E-state index in [-0.39, 0.29) is 11.3 Å². The molecule has 0 saturated carbocycles. The van der Waals surface area contributed by atoms with Gasteiger partial charge in [0.05, 0.1) is 5.39 Å². The molecule has 0 fully saturated rings. The molecule has 0 bridgehead atoms. The Morgan fingerprint density at radius 1 is 1.21 bits per heavy atom. The van der Waals surface area contributed by atoms with Gasteiger partial charge in [-0.25, -0.2) is 9.48 Å². The highest BCUT2D eigenvalue weighted by molar-refractivity contribution is 6.02. The van der Waals surface area contributed by atoms with Crippen molar-refractivity contribution >= 4 is 22.6 Å². The SMILES string of the molecule is C[C@H](OC(=O)c1nn(C)c(=O)c2ccccc12)C(=O)NC(C)(C)C. The molecule has 0 unspecified atom stereocenters. The molecular formula is C17H21N3O4. The predicted octanol–water partition coefficient (Wildman–Crippen LogP) is 1.39. The third-order valence-electron chi connectivity index (χ3n) is 3.30. The number of aromatic nitrogens is 2. The molecule has 2 aromatic rings. The van der Waals surface area contributed by atoms with Crippen molar-refractivity contribution < 1.29 is 14.3 Å². The van der Waals surface area contributed by atoms with Crippen LogP contribution in [0.4, 0.5) is 0 Å². The van der Waals surface area contributed by atoms with Gasteiger partial charge in [-0.3, -0.25) is 9.59 Å². The van der Waals surface area contributed by atoms with Crippen LogP contribution in [0.5, 0.6) is 0 Å². The lowest BCUT2D eigenvalue weighted by Crippen LogP contribution is -2.46. The van der Waals surface area contributed by atoms with Crippen LogP contribution in [0.2, 0.25) is 0 Å². The molecule has 1 aromatic heterocycles. The Balaban J connectivity index is 2.31. The van der Waals surface area contributed by atoms with E-state index in [0.29, 0.717) is 10.8 Å². The minimum absolute atomic E-state index is 0.00288. The fraction of sp³-hybridized carbons (Fsp3) is 0.412. The van der Waals surface area contributed by atoms with Crippen molar-refractivity contribution in [1.82, 2.24) is 15.1 Å². The molecule has 0 aliphatic rings. The van der Waals surface area contributed by atoms with Gasteiger partial charge < -0.3 is 10.1 Å². The minimum Gasteiger partial charge on any atom is -0.448 e. The van der Waals surface area contributed by atoms with Crippen LogP contribution in [0.1, 0.15) is 38.2 Å². The Kier molecular flexibility index (Phi) is 4.73. The molecule has 1 N–H and O–H groups in total. The van der Waals surface area contributed by atoms with Crippen LogP contribution in [0.25, 0.3) is 10.8 Å². The Labute approximate surface area is 139 Å². The highest BCUT2D eigenvalue weighted by Gasteiger charge is 2.25. The molecule has 0 aliphatic carbocycles. The molecule has 2 rings (SSSR count). The largest absolute Gasteiger partial charge is 0.448 e. The Hall–Kier alpha value is -2.70. The number of benzene rings is 1. The monoisotopic (exact) mass is 331 g/mol. The number of ether oxygens (including phenoxy) is 1. The third-order valence-corrected chi connectivity index (χ3v) is 3.30. The van der Waals surface area contributed by atoms with Gasteiger partial charge in [-0.1, -0.05) is 18.2 Å². The van der Waals surface area contributed by atoms with Crippen LogP contribution < -0.4 is 10.9 Å². The number of nitrogens with zero attached hydrogens (tertiary/aromatic N) is 2. The number of fused-ring (bicyclic) bond motifs is 1. The number of esters is 1. The summed E-state index contributed by atoms with van der Waals surface area (Å²) in [6, 6.07) is 6.65. The van der Waals surface area contributed by atoms with E-state index in [1.165, 1.54) is 14.0 Å². The van der Waals surface area contributed by atoms with Gasteiger partial charge in [-0.2, -0.15) is 5.10 Å². The summed E-state index contributed by atoms with van der Waals surface area (Å²) in [4.78, 5) is 36.5. The molecule has 128 valence electrons. The maximum absolute atomic E-state index is 12.4. The average molecular weight is 331 g/mol. The number of carbonyl (C=O) groups is 2. The van der Waals surface area contributed by atoms with Gasteiger partial charge in [0.1, 0.15) is 0 Å². The van der Waals surface area contributed by atoms with E-state index in [0.717, 1.165) is 4.68 Å². The smallest absolute Gasteiger partial charge is 0.360 e. The fourth-order valence-electron chi connectivity index (χ4n) is 2.19. The standard InChI is InChI=1S/C17H21N3O4/c1-10(14(21)18-17(2,3)4)24-16(23)13-11-8-6-7-9-12(11)15(22)20(5)19-13/h6-10H,1-5H3,(H,18,21)/t10-/m0/s1. The zero-order chi connectivity index (χ0) is 18.1. The summed E-state index contributed by atoms with van der Waals surface area (Å²) < 4.78 is 6.30. The molecule has 0 aliphatic heterocycles. The quantitative estimate of drug-likeness (QED) is 0.859. The molecule has 1 heterocycles. The number of nitrogens with one attached hydrogen (secondary N) is 1. The maximum atomic E-state index is 12.4. The lowest BCUT2D eigenvalue weighted by atomic mass is 10.1. The molecule has 1 aromatic carbocycles. The van der Waals surface area contributed by atoms with Crippen molar-refractivity contribution in [1.29, 1.82) is 0 Å². The molecule has 0 spiro atoms. The Morgan fingerprint density at radius 3 is 2.38 bits per heavy atom. The number of hydrogen-bond donors (Lipinski definition) is 1. The lowest BCUT2D eigenvalue weighted by Gasteiger charge is -2.23. The molecule has 7 heteroatoms. The lowest BCUT2D eigenvalue weighted by molar-refractivity contribution is -0.130. The third kappa shape index (κ3) is 3.79. The van der Waals surface area contributed by atoms with Crippen LogP contribution in [-0.4, -0.2) is 33.3 Å². The van der Waals surface area contributed by atoms with Gasteiger partial charge in [0.25, 0.3) is 11.5 Å². The molecule has 1 atom stereocenters. The van der Waals surface area contributed by atoms with E-state index in [4.69, 9.17) is 4.74 Å². The second-order valence-electron chi connectivity index (χ2n) is 6.61. The van der Waals surface area contributed by atoms with E-state index < -0.39 is 23.5 Å². The van der Waals surface area contributed by atoms with Gasteiger partial charge in [0.15, 0.2) is 11.8 Å². The van der Waals surface area contributed by atoms with Gasteiger partial charge >= 0.3 is 5.97 Å². The van der Waals surface area contributed by atoms with Crippen LogP contribution >= 0.6 is 0 Å². The Bertz CT molecular complexity index is 849. The summed E-state index contributed by atoms with van der Waals surface area (Å²) >= 11 is 0. The van der Waals surface area contributed by atoms with Crippen molar-refractivity contribution in [3.05, 3.63) is 40.3 Å². The molecule has 1 amide bonds. The van der Waals surface area contributed by atoms with Crippen LogP contribution in [0.15, 0.2) is 29.1 Å². The summed E-state index contributed by atoms with van der Waals surface area (Å²) in [5.41, 5.74) is -0.733. The maximum Gasteiger partial charge on any atom is 0.360 e. The van der Waals surface area contributed by atoms with E-state index in [1.54, 1.807) is 24.3 Å². The molecule has 0 radical (unpaired) electrons. The minimum atomic E-state index is -0.977. The van der Waals surface area contributed by atoms with E-state index in [2.05, 4.69) is 10.4 Å². The van der Waals surface area contributed by atoms with Gasteiger partial charge in [0, 0.05) is 18.0 Å². The number of aryl methyl sites for hydroxylation is 1. The van der Waals surface area contributed by atoms with Crippen molar-refractivity contribution in [2.24, 2.45) is 7.05 Å². The van der Waals surface area contributed by atoms with Crippen molar-refractivity contribution in [3.8, 4) is 0 Å². The molecular weight excluding hydrogens is 310 g/mol. The summed E-state index contributed by atoms with van der Waals surface area (Å²) in [6.45, 7) is 6.99. The highest BCUT2D eigenvalue weighted by Crippen LogP contribution is 2.15. The summed E-state index contributed by atoms with van der Waals surface area (Å²) in [5, 5.41) is 7.49. The number of amides is 1. The summed E-state index contributed by atoms with van der Waals surface area (Å²) in [7, 11) is 1.46. The van der Waals surface area contributed by atoms with E-state index >= 15 is 0 Å². The van der Waals surface area contributed by atoms with Crippen molar-refractivity contribution in [2.45, 2.75) is 39.3 Å². The number of rotatable bonds is 3. The zero-order valence-electron chi connectivity index (χ0n) is 14.4. The van der Waals surface area contributed by atoms with Crippen molar-refractivity contribution in [2.75, 3.05) is 0 Å². The van der Waals surface area contributed by atoms with Crippen molar-refractivity contribution in [3.63, 3.8) is 0 Å². The van der Waals surface area contributed by atoms with Gasteiger partial charge in [0.2, 0.25) is 0 Å². The normalized spacial score (nSPS) is 12.7. The molecule has 7 nitrogen and oxygen atoms in total. The second kappa shape index (κ2) is 6.43. The Morgan fingerprint density at radius 2 is 1.79 bits per heavy atom. The molecule has 24 heavy (non-hydrogen) atoms. The predicted molar refractivity (Wildman–Crippen MR) is 89.8 cm³/mol. The first-order chi connectivity index (χ1) is 11.1. The summed E-state index contributed by atoms with van der Waals surface area (Å²) in [5.74, 6) is -1.15. The first-order valence-electron chi connectivity index (χ1n) is 7.59. The first-order valence-corrected chi connectivity index (χ1v) is 7.59. The van der Waals surface area contributed by atoms with Gasteiger partial charge in [-0.15, -0.1) is 0 Å². The topological polar surface area (TPSA) is 90.3 Å². The van der Waals surface area contributed by atoms with Crippen LogP contribution in [0.3, 0.4) is 0 Å². The summed E-state index contributed by atoms with van der Waals surface area (Å²) in [6.07, 6.45) is -0.977. The average Bonchev–Trinajstić information content (AvgIpc) is 2.49. The van der Waals surface area contributed by atoms with Gasteiger partial charge in [-0.05, 0) is 33.8 Å². The number of carbonyl (C=O) groups excluding carboxylic acids is 2.